The van der Waals surface area contributed by atoms with Crippen LogP contribution in [0, 0.1) is 24.2 Å². The fourth-order valence-corrected chi connectivity index (χ4v) is 3.65. The summed E-state index contributed by atoms with van der Waals surface area (Å²) >= 11 is 0. The molecule has 0 saturated heterocycles. The van der Waals surface area contributed by atoms with Crippen molar-refractivity contribution in [3.05, 3.63) is 62.9 Å². The highest BCUT2D eigenvalue weighted by atomic mass is 16.5. The molecular weight excluding hydrogens is 370 g/mol. The van der Waals surface area contributed by atoms with Gasteiger partial charge in [-0.05, 0) is 18.9 Å². The summed E-state index contributed by atoms with van der Waals surface area (Å²) in [6.07, 6.45) is 0. The second-order valence-electron chi connectivity index (χ2n) is 7.41. The summed E-state index contributed by atoms with van der Waals surface area (Å²) in [6, 6.07) is 9.18. The third kappa shape index (κ3) is 3.54. The van der Waals surface area contributed by atoms with Gasteiger partial charge in [0, 0.05) is 29.9 Å². The van der Waals surface area contributed by atoms with Crippen molar-refractivity contribution in [1.29, 1.82) is 5.26 Å². The molecule has 0 unspecified atom stereocenters. The number of fused-ring (bicyclic) bond motifs is 1. The molecule has 1 aromatic heterocycles. The van der Waals surface area contributed by atoms with Crippen LogP contribution in [0.1, 0.15) is 36.6 Å². The predicted octanol–water partition coefficient (Wildman–Crippen LogP) is 3.05. The van der Waals surface area contributed by atoms with Crippen molar-refractivity contribution in [2.45, 2.75) is 33.2 Å². The first-order valence-corrected chi connectivity index (χ1v) is 9.36. The van der Waals surface area contributed by atoms with Crippen LogP contribution in [0.4, 0.5) is 0 Å². The van der Waals surface area contributed by atoms with Gasteiger partial charge in [-0.15, -0.1) is 0 Å². The van der Waals surface area contributed by atoms with Gasteiger partial charge in [0.15, 0.2) is 0 Å². The van der Waals surface area contributed by atoms with Crippen LogP contribution in [0.2, 0.25) is 0 Å². The minimum absolute atomic E-state index is 0.0109. The smallest absolute Gasteiger partial charge is 0.258 e. The zero-order chi connectivity index (χ0) is 21.3. The Morgan fingerprint density at radius 1 is 1.28 bits per heavy atom. The first-order chi connectivity index (χ1) is 13.8. The second-order valence-corrected chi connectivity index (χ2v) is 7.41. The number of nitrogens with zero attached hydrogens (tertiary/aromatic N) is 2. The molecule has 29 heavy (non-hydrogen) atoms. The van der Waals surface area contributed by atoms with Gasteiger partial charge in [-0.1, -0.05) is 19.9 Å². The van der Waals surface area contributed by atoms with E-state index < -0.39 is 5.92 Å². The predicted molar refractivity (Wildman–Crippen MR) is 109 cm³/mol. The van der Waals surface area contributed by atoms with Crippen LogP contribution in [-0.2, 0) is 6.54 Å². The monoisotopic (exact) mass is 395 g/mol. The highest BCUT2D eigenvalue weighted by Gasteiger charge is 2.36. The number of methoxy groups -OCH3 is 2. The number of hydrogen-bond acceptors (Lipinski definition) is 6. The summed E-state index contributed by atoms with van der Waals surface area (Å²) < 4.78 is 18.2. The molecule has 1 aliphatic rings. The number of nitrogens with two attached hydrogens (primary N) is 1. The molecule has 0 bridgehead atoms. The van der Waals surface area contributed by atoms with E-state index in [9.17, 15) is 10.1 Å². The second kappa shape index (κ2) is 7.92. The highest BCUT2D eigenvalue weighted by molar-refractivity contribution is 5.59. The van der Waals surface area contributed by atoms with E-state index in [4.69, 9.17) is 19.9 Å². The van der Waals surface area contributed by atoms with Crippen molar-refractivity contribution in [2.75, 3.05) is 14.2 Å². The van der Waals surface area contributed by atoms with Crippen molar-refractivity contribution in [3.63, 3.8) is 0 Å². The van der Waals surface area contributed by atoms with Crippen LogP contribution in [-0.4, -0.2) is 18.8 Å². The van der Waals surface area contributed by atoms with Gasteiger partial charge in [0.05, 0.1) is 25.7 Å². The van der Waals surface area contributed by atoms with E-state index in [1.165, 1.54) is 7.11 Å². The number of ether oxygens (including phenoxy) is 3. The SMILES string of the molecule is COc1ccc([C@H]2C(C#N)=C(N)Oc3cc(C)n(CC(C)C)c(=O)c32)c(OC)c1. The molecule has 2 aromatic rings. The average molecular weight is 395 g/mol. The van der Waals surface area contributed by atoms with Gasteiger partial charge in [-0.3, -0.25) is 4.79 Å². The lowest BCUT2D eigenvalue weighted by molar-refractivity contribution is 0.377. The summed E-state index contributed by atoms with van der Waals surface area (Å²) in [5.74, 6) is 1.04. The van der Waals surface area contributed by atoms with Gasteiger partial charge in [-0.2, -0.15) is 5.26 Å². The Morgan fingerprint density at radius 2 is 2.00 bits per heavy atom. The standard InChI is InChI=1S/C22H25N3O4/c1-12(2)11-25-13(3)8-18-20(22(25)26)19(16(10-23)21(24)29-18)15-7-6-14(27-4)9-17(15)28-5/h6-9,12,19H,11,24H2,1-5H3/t19-/m0/s1. The van der Waals surface area contributed by atoms with Crippen LogP contribution in [0.15, 0.2) is 40.5 Å². The van der Waals surface area contributed by atoms with E-state index in [0.29, 0.717) is 34.9 Å². The van der Waals surface area contributed by atoms with E-state index >= 15 is 0 Å². The Kier molecular flexibility index (Phi) is 5.55. The quantitative estimate of drug-likeness (QED) is 0.835. The van der Waals surface area contributed by atoms with Crippen molar-refractivity contribution in [2.24, 2.45) is 11.7 Å². The maximum absolute atomic E-state index is 13.5. The molecule has 0 spiro atoms. The number of aryl methyl sites for hydroxylation is 1. The molecule has 1 aliphatic heterocycles. The van der Waals surface area contributed by atoms with Gasteiger partial charge in [-0.25, -0.2) is 0 Å². The zero-order valence-electron chi connectivity index (χ0n) is 17.3. The Balaban J connectivity index is 2.33. The van der Waals surface area contributed by atoms with Gasteiger partial charge >= 0.3 is 0 Å². The first kappa shape index (κ1) is 20.3. The highest BCUT2D eigenvalue weighted by Crippen LogP contribution is 2.44. The number of aromatic nitrogens is 1. The molecule has 0 amide bonds. The van der Waals surface area contributed by atoms with Crippen LogP contribution < -0.4 is 25.5 Å². The van der Waals surface area contributed by atoms with Crippen molar-refractivity contribution in [1.82, 2.24) is 4.57 Å². The minimum atomic E-state index is -0.698. The number of hydrogen-bond donors (Lipinski definition) is 1. The molecule has 7 nitrogen and oxygen atoms in total. The summed E-state index contributed by atoms with van der Waals surface area (Å²) in [5.41, 5.74) is 7.84. The lowest BCUT2D eigenvalue weighted by Gasteiger charge is -2.28. The lowest BCUT2D eigenvalue weighted by Crippen LogP contribution is -2.33. The minimum Gasteiger partial charge on any atom is -0.497 e. The largest absolute Gasteiger partial charge is 0.497 e. The fraction of sp³-hybridized carbons (Fsp3) is 0.364. The molecule has 0 aliphatic carbocycles. The van der Waals surface area contributed by atoms with E-state index in [1.807, 2.05) is 20.8 Å². The van der Waals surface area contributed by atoms with E-state index in [0.717, 1.165) is 5.69 Å². The summed E-state index contributed by atoms with van der Waals surface area (Å²) in [4.78, 5) is 13.5. The molecular formula is C22H25N3O4. The van der Waals surface area contributed by atoms with Crippen LogP contribution in [0.3, 0.4) is 0 Å². The maximum atomic E-state index is 13.5. The molecule has 1 atom stereocenters. The third-order valence-electron chi connectivity index (χ3n) is 4.99. The van der Waals surface area contributed by atoms with Crippen LogP contribution in [0.25, 0.3) is 0 Å². The van der Waals surface area contributed by atoms with Crippen LogP contribution >= 0.6 is 0 Å². The molecule has 0 saturated carbocycles. The van der Waals surface area contributed by atoms with Crippen molar-refractivity contribution < 1.29 is 14.2 Å². The average Bonchev–Trinajstić information content (AvgIpc) is 2.69. The molecule has 2 heterocycles. The normalized spacial score (nSPS) is 15.6. The molecule has 0 fully saturated rings. The molecule has 152 valence electrons. The molecule has 1 aromatic carbocycles. The third-order valence-corrected chi connectivity index (χ3v) is 4.99. The Morgan fingerprint density at radius 3 is 2.59 bits per heavy atom. The topological polar surface area (TPSA) is 99.5 Å². The van der Waals surface area contributed by atoms with Crippen LogP contribution in [0.5, 0.6) is 17.2 Å². The number of allylic oxidation sites excluding steroid dienone is 1. The van der Waals surface area contributed by atoms with Crippen molar-refractivity contribution >= 4 is 0 Å². The number of nitriles is 1. The zero-order valence-corrected chi connectivity index (χ0v) is 17.3. The summed E-state index contributed by atoms with van der Waals surface area (Å²) in [5, 5.41) is 9.80. The molecule has 7 heteroatoms. The van der Waals surface area contributed by atoms with Gasteiger partial charge in [0.25, 0.3) is 5.56 Å². The van der Waals surface area contributed by atoms with Gasteiger partial charge in [0.1, 0.15) is 28.9 Å². The number of pyridine rings is 1. The van der Waals surface area contributed by atoms with E-state index in [2.05, 4.69) is 6.07 Å². The van der Waals surface area contributed by atoms with E-state index in [1.54, 1.807) is 35.9 Å². The summed E-state index contributed by atoms with van der Waals surface area (Å²) in [6.45, 7) is 6.51. The fourth-order valence-electron chi connectivity index (χ4n) is 3.65. The molecule has 3 rings (SSSR count). The number of rotatable bonds is 5. The number of benzene rings is 1. The molecule has 0 radical (unpaired) electrons. The lowest BCUT2D eigenvalue weighted by atomic mass is 9.83. The maximum Gasteiger partial charge on any atom is 0.258 e. The summed E-state index contributed by atoms with van der Waals surface area (Å²) in [7, 11) is 3.09. The van der Waals surface area contributed by atoms with Gasteiger partial charge < -0.3 is 24.5 Å². The molecule has 2 N–H and O–H groups in total. The Bertz CT molecular complexity index is 1080. The van der Waals surface area contributed by atoms with Crippen molar-refractivity contribution in [3.8, 4) is 23.3 Å². The Labute approximate surface area is 169 Å². The van der Waals surface area contributed by atoms with E-state index in [-0.39, 0.29) is 22.9 Å². The Hall–Kier alpha value is -3.40. The van der Waals surface area contributed by atoms with Gasteiger partial charge in [0.2, 0.25) is 5.88 Å². The first-order valence-electron chi connectivity index (χ1n) is 9.36.